The number of nitriles is 1. The minimum Gasteiger partial charge on any atom is -0.198 e. The van der Waals surface area contributed by atoms with Crippen molar-refractivity contribution >= 4 is 11.3 Å². The largest absolute Gasteiger partial charge is 0.198 e. The van der Waals surface area contributed by atoms with Gasteiger partial charge in [0.2, 0.25) is 0 Å². The first-order valence-electron chi connectivity index (χ1n) is 7.27. The molecule has 1 nitrogen and oxygen atoms in total. The number of aryl methyl sites for hydroxylation is 1. The zero-order valence-corrected chi connectivity index (χ0v) is 12.2. The molecule has 0 amide bonds. The van der Waals surface area contributed by atoms with E-state index >= 15 is 0 Å². The first kappa shape index (κ1) is 13.6. The van der Waals surface area contributed by atoms with Gasteiger partial charge in [-0.1, -0.05) is 39.0 Å². The first-order valence-corrected chi connectivity index (χ1v) is 8.08. The van der Waals surface area contributed by atoms with Crippen molar-refractivity contribution in [1.29, 1.82) is 5.26 Å². The van der Waals surface area contributed by atoms with Crippen LogP contribution in [0, 0.1) is 16.7 Å². The molecule has 0 bridgehead atoms. The van der Waals surface area contributed by atoms with Crippen molar-refractivity contribution in [2.75, 3.05) is 0 Å². The first-order chi connectivity index (χ1) is 8.78. The van der Waals surface area contributed by atoms with Gasteiger partial charge in [-0.25, -0.2) is 0 Å². The lowest BCUT2D eigenvalue weighted by atomic mass is 9.75. The van der Waals surface area contributed by atoms with Crippen LogP contribution in [-0.2, 0) is 12.8 Å². The lowest BCUT2D eigenvalue weighted by Crippen LogP contribution is -2.22. The molecule has 1 aromatic heterocycles. The number of hydrogen-bond acceptors (Lipinski definition) is 2. The van der Waals surface area contributed by atoms with Gasteiger partial charge in [0, 0.05) is 16.2 Å². The zero-order valence-electron chi connectivity index (χ0n) is 11.4. The lowest BCUT2D eigenvalue weighted by molar-refractivity contribution is 0.289. The van der Waals surface area contributed by atoms with Crippen molar-refractivity contribution in [3.63, 3.8) is 0 Å². The fourth-order valence-corrected chi connectivity index (χ4v) is 4.05. The Morgan fingerprint density at radius 2 is 1.72 bits per heavy atom. The van der Waals surface area contributed by atoms with Gasteiger partial charge in [-0.15, -0.1) is 11.3 Å². The highest BCUT2D eigenvalue weighted by atomic mass is 32.1. The predicted molar refractivity (Wildman–Crippen MR) is 77.8 cm³/mol. The summed E-state index contributed by atoms with van der Waals surface area (Å²) in [6.45, 7) is 2.20. The average molecular weight is 261 g/mol. The van der Waals surface area contributed by atoms with Gasteiger partial charge in [0.15, 0.2) is 0 Å². The summed E-state index contributed by atoms with van der Waals surface area (Å²) in [5.74, 6) is 0. The molecule has 1 saturated carbocycles. The molecule has 0 spiro atoms. The zero-order chi connectivity index (χ0) is 12.8. The standard InChI is InChI=1S/C16H23NS/c1-2-14-8-9-15(18-14)12-16(13-17)10-6-4-3-5-7-11-16/h8-9H,2-7,10-12H2,1H3. The van der Waals surface area contributed by atoms with Crippen LogP contribution >= 0.6 is 11.3 Å². The average Bonchev–Trinajstić information content (AvgIpc) is 2.80. The Morgan fingerprint density at radius 1 is 1.11 bits per heavy atom. The van der Waals surface area contributed by atoms with E-state index < -0.39 is 0 Å². The second kappa shape index (κ2) is 6.38. The summed E-state index contributed by atoms with van der Waals surface area (Å²) in [4.78, 5) is 2.86. The van der Waals surface area contributed by atoms with Crippen LogP contribution in [0.3, 0.4) is 0 Å². The van der Waals surface area contributed by atoms with Gasteiger partial charge in [-0.3, -0.25) is 0 Å². The van der Waals surface area contributed by atoms with E-state index in [1.54, 1.807) is 0 Å². The number of hydrogen-bond donors (Lipinski definition) is 0. The van der Waals surface area contributed by atoms with Crippen molar-refractivity contribution in [3.8, 4) is 6.07 Å². The summed E-state index contributed by atoms with van der Waals surface area (Å²) >= 11 is 1.90. The van der Waals surface area contributed by atoms with Gasteiger partial charge in [0.05, 0.1) is 11.5 Å². The molecule has 2 rings (SSSR count). The molecule has 1 fully saturated rings. The van der Waals surface area contributed by atoms with Crippen LogP contribution < -0.4 is 0 Å². The van der Waals surface area contributed by atoms with E-state index in [1.807, 2.05) is 11.3 Å². The quantitative estimate of drug-likeness (QED) is 0.742. The highest BCUT2D eigenvalue weighted by Crippen LogP contribution is 2.38. The van der Waals surface area contributed by atoms with E-state index in [2.05, 4.69) is 25.1 Å². The monoisotopic (exact) mass is 261 g/mol. The molecule has 1 aliphatic rings. The van der Waals surface area contributed by atoms with Crippen LogP contribution in [0.5, 0.6) is 0 Å². The Kier molecular flexibility index (Phi) is 4.83. The van der Waals surface area contributed by atoms with E-state index in [0.29, 0.717) is 0 Å². The molecule has 0 unspecified atom stereocenters. The number of thiophene rings is 1. The molecule has 98 valence electrons. The van der Waals surface area contributed by atoms with Gasteiger partial charge < -0.3 is 0 Å². The Bertz CT molecular complexity index is 405. The van der Waals surface area contributed by atoms with Crippen molar-refractivity contribution < 1.29 is 0 Å². The summed E-state index contributed by atoms with van der Waals surface area (Å²) in [6.07, 6.45) is 10.8. The van der Waals surface area contributed by atoms with Crippen molar-refractivity contribution in [1.82, 2.24) is 0 Å². The topological polar surface area (TPSA) is 23.8 Å². The number of rotatable bonds is 3. The summed E-state index contributed by atoms with van der Waals surface area (Å²) in [5.41, 5.74) is -0.0731. The highest BCUT2D eigenvalue weighted by molar-refractivity contribution is 7.11. The van der Waals surface area contributed by atoms with E-state index in [4.69, 9.17) is 0 Å². The molecule has 0 saturated heterocycles. The van der Waals surface area contributed by atoms with Gasteiger partial charge in [0.25, 0.3) is 0 Å². The molecule has 1 aromatic rings. The molecule has 0 radical (unpaired) electrons. The smallest absolute Gasteiger partial charge is 0.0693 e. The molecule has 2 heteroatoms. The molecular formula is C16H23NS. The summed E-state index contributed by atoms with van der Waals surface area (Å²) in [6, 6.07) is 7.14. The van der Waals surface area contributed by atoms with Crippen molar-refractivity contribution in [2.45, 2.75) is 64.7 Å². The van der Waals surface area contributed by atoms with Gasteiger partial charge in [0.1, 0.15) is 0 Å². The number of nitrogens with zero attached hydrogens (tertiary/aromatic N) is 1. The maximum Gasteiger partial charge on any atom is 0.0693 e. The van der Waals surface area contributed by atoms with Crippen LogP contribution in [0.1, 0.15) is 61.6 Å². The lowest BCUT2D eigenvalue weighted by Gasteiger charge is -2.28. The Balaban J connectivity index is 2.08. The van der Waals surface area contributed by atoms with Crippen LogP contribution in [0.25, 0.3) is 0 Å². The molecule has 1 heterocycles. The summed E-state index contributed by atoms with van der Waals surface area (Å²) in [7, 11) is 0. The molecule has 0 atom stereocenters. The van der Waals surface area contributed by atoms with Gasteiger partial charge in [-0.2, -0.15) is 5.26 Å². The van der Waals surface area contributed by atoms with Crippen LogP contribution in [-0.4, -0.2) is 0 Å². The third-order valence-corrected chi connectivity index (χ3v) is 5.36. The second-order valence-corrected chi connectivity index (χ2v) is 6.81. The fraction of sp³-hybridized carbons (Fsp3) is 0.688. The molecule has 18 heavy (non-hydrogen) atoms. The highest BCUT2D eigenvalue weighted by Gasteiger charge is 2.30. The van der Waals surface area contributed by atoms with Crippen molar-refractivity contribution in [2.24, 2.45) is 5.41 Å². The predicted octanol–water partition coefficient (Wildman–Crippen LogP) is 5.11. The molecule has 0 N–H and O–H groups in total. The van der Waals surface area contributed by atoms with Crippen LogP contribution in [0.4, 0.5) is 0 Å². The normalized spacial score (nSPS) is 19.8. The van der Waals surface area contributed by atoms with Crippen LogP contribution in [0.15, 0.2) is 12.1 Å². The molecule has 1 aliphatic carbocycles. The maximum absolute atomic E-state index is 9.64. The second-order valence-electron chi connectivity index (χ2n) is 5.56. The fourth-order valence-electron chi connectivity index (χ4n) is 2.95. The Labute approximate surface area is 115 Å². The minimum absolute atomic E-state index is 0.0731. The van der Waals surface area contributed by atoms with E-state index in [0.717, 1.165) is 25.7 Å². The molecule has 0 aromatic carbocycles. The third-order valence-electron chi connectivity index (χ3n) is 4.13. The van der Waals surface area contributed by atoms with E-state index in [9.17, 15) is 5.26 Å². The van der Waals surface area contributed by atoms with E-state index in [-0.39, 0.29) is 5.41 Å². The minimum atomic E-state index is -0.0731. The Morgan fingerprint density at radius 3 is 2.28 bits per heavy atom. The maximum atomic E-state index is 9.64. The van der Waals surface area contributed by atoms with Gasteiger partial charge >= 0.3 is 0 Å². The summed E-state index contributed by atoms with van der Waals surface area (Å²) in [5, 5.41) is 9.64. The van der Waals surface area contributed by atoms with E-state index in [1.165, 1.54) is 41.9 Å². The van der Waals surface area contributed by atoms with Crippen LogP contribution in [0.2, 0.25) is 0 Å². The third kappa shape index (κ3) is 3.36. The Hall–Kier alpha value is -0.810. The molecular weight excluding hydrogens is 238 g/mol. The summed E-state index contributed by atoms with van der Waals surface area (Å²) < 4.78 is 0. The van der Waals surface area contributed by atoms with Crippen molar-refractivity contribution in [3.05, 3.63) is 21.9 Å². The SMILES string of the molecule is CCc1ccc(CC2(C#N)CCCCCCC2)s1. The van der Waals surface area contributed by atoms with Gasteiger partial charge in [-0.05, 0) is 31.4 Å². The molecule has 0 aliphatic heterocycles.